The van der Waals surface area contributed by atoms with E-state index < -0.39 is 6.17 Å². The van der Waals surface area contributed by atoms with Gasteiger partial charge in [-0.2, -0.15) is 0 Å². The highest BCUT2D eigenvalue weighted by Crippen LogP contribution is 2.30. The van der Waals surface area contributed by atoms with Crippen LogP contribution >= 0.6 is 0 Å². The predicted octanol–water partition coefficient (Wildman–Crippen LogP) is 3.01. The largest absolute Gasteiger partial charge is 0.294 e. The Bertz CT molecular complexity index is 320. The Morgan fingerprint density at radius 2 is 1.93 bits per heavy atom. The summed E-state index contributed by atoms with van der Waals surface area (Å²) in [7, 11) is 0. The minimum Gasteiger partial charge on any atom is -0.294 e. The molecule has 1 aliphatic carbocycles. The zero-order valence-corrected chi connectivity index (χ0v) is 7.95. The Labute approximate surface area is 82.9 Å². The van der Waals surface area contributed by atoms with Gasteiger partial charge < -0.3 is 0 Å². The summed E-state index contributed by atoms with van der Waals surface area (Å²) in [5.74, 6) is 0.0122. The molecule has 0 radical (unpaired) electrons. The number of hydrogen-bond donors (Lipinski definition) is 0. The maximum absolute atomic E-state index is 12.9. The van der Waals surface area contributed by atoms with E-state index in [2.05, 4.69) is 0 Å². The number of rotatable bonds is 2. The van der Waals surface area contributed by atoms with Gasteiger partial charge in [0.05, 0.1) is 0 Å². The van der Waals surface area contributed by atoms with Crippen LogP contribution in [0.2, 0.25) is 0 Å². The van der Waals surface area contributed by atoms with Gasteiger partial charge >= 0.3 is 0 Å². The number of ketones is 1. The van der Waals surface area contributed by atoms with Crippen molar-refractivity contribution in [1.29, 1.82) is 0 Å². The maximum atomic E-state index is 12.9. The second-order valence-corrected chi connectivity index (χ2v) is 3.84. The van der Waals surface area contributed by atoms with Gasteiger partial charge in [-0.05, 0) is 19.3 Å². The first-order chi connectivity index (χ1) is 6.77. The van der Waals surface area contributed by atoms with Gasteiger partial charge in [-0.25, -0.2) is 4.39 Å². The molecule has 2 heteroatoms. The fourth-order valence-electron chi connectivity index (χ4n) is 2.00. The van der Waals surface area contributed by atoms with E-state index in [0.717, 1.165) is 0 Å². The summed E-state index contributed by atoms with van der Waals surface area (Å²) in [5.41, 5.74) is 0.714. The smallest absolute Gasteiger partial charge is 0.166 e. The van der Waals surface area contributed by atoms with E-state index in [4.69, 9.17) is 0 Å². The van der Waals surface area contributed by atoms with Crippen LogP contribution in [0.15, 0.2) is 30.3 Å². The molecule has 2 atom stereocenters. The summed E-state index contributed by atoms with van der Waals surface area (Å²) in [6.07, 6.45) is 0.888. The van der Waals surface area contributed by atoms with E-state index in [1.165, 1.54) is 0 Å². The Balaban J connectivity index is 2.10. The van der Waals surface area contributed by atoms with Crippen molar-refractivity contribution in [2.75, 3.05) is 0 Å². The van der Waals surface area contributed by atoms with Crippen LogP contribution in [0.25, 0.3) is 0 Å². The van der Waals surface area contributed by atoms with E-state index in [9.17, 15) is 9.18 Å². The molecule has 0 aliphatic heterocycles. The molecule has 1 fully saturated rings. The number of hydrogen-bond acceptors (Lipinski definition) is 1. The normalized spacial score (nSPS) is 26.4. The van der Waals surface area contributed by atoms with Crippen molar-refractivity contribution in [1.82, 2.24) is 0 Å². The molecule has 0 spiro atoms. The summed E-state index contributed by atoms with van der Waals surface area (Å²) in [6, 6.07) is 9.16. The molecule has 2 rings (SSSR count). The van der Waals surface area contributed by atoms with Crippen molar-refractivity contribution in [2.24, 2.45) is 5.92 Å². The summed E-state index contributed by atoms with van der Waals surface area (Å²) in [4.78, 5) is 11.8. The van der Waals surface area contributed by atoms with Gasteiger partial charge in [-0.3, -0.25) is 4.79 Å². The van der Waals surface area contributed by atoms with Gasteiger partial charge in [0.25, 0.3) is 0 Å². The number of carbonyl (C=O) groups is 1. The SMILES string of the molecule is O=C(c1ccccc1)C1CCC(F)C1. The Kier molecular flexibility index (Phi) is 2.62. The van der Waals surface area contributed by atoms with Crippen LogP contribution in [-0.2, 0) is 0 Å². The number of Topliss-reactive ketones (excluding diaryl/α,β-unsaturated/α-hetero) is 1. The van der Waals surface area contributed by atoms with Crippen molar-refractivity contribution in [3.63, 3.8) is 0 Å². The lowest BCUT2D eigenvalue weighted by molar-refractivity contribution is 0.0917. The van der Waals surface area contributed by atoms with Crippen molar-refractivity contribution >= 4 is 5.78 Å². The third-order valence-corrected chi connectivity index (χ3v) is 2.80. The molecule has 0 saturated heterocycles. The highest BCUT2D eigenvalue weighted by atomic mass is 19.1. The molecule has 74 valence electrons. The third kappa shape index (κ3) is 1.84. The van der Waals surface area contributed by atoms with Gasteiger partial charge in [-0.15, -0.1) is 0 Å². The fraction of sp³-hybridized carbons (Fsp3) is 0.417. The molecule has 1 aliphatic rings. The molecule has 0 bridgehead atoms. The quantitative estimate of drug-likeness (QED) is 0.658. The Morgan fingerprint density at radius 3 is 2.50 bits per heavy atom. The van der Waals surface area contributed by atoms with Crippen LogP contribution in [0, 0.1) is 5.92 Å². The number of benzene rings is 1. The van der Waals surface area contributed by atoms with Crippen molar-refractivity contribution in [3.05, 3.63) is 35.9 Å². The van der Waals surface area contributed by atoms with Gasteiger partial charge in [0.2, 0.25) is 0 Å². The molecule has 14 heavy (non-hydrogen) atoms. The highest BCUT2D eigenvalue weighted by Gasteiger charge is 2.29. The molecule has 1 saturated carbocycles. The van der Waals surface area contributed by atoms with E-state index in [1.807, 2.05) is 18.2 Å². The topological polar surface area (TPSA) is 17.1 Å². The maximum Gasteiger partial charge on any atom is 0.166 e. The summed E-state index contributed by atoms with van der Waals surface area (Å²) in [6.45, 7) is 0. The van der Waals surface area contributed by atoms with Gasteiger partial charge in [-0.1, -0.05) is 30.3 Å². The van der Waals surface area contributed by atoms with Crippen LogP contribution in [-0.4, -0.2) is 12.0 Å². The van der Waals surface area contributed by atoms with Crippen LogP contribution < -0.4 is 0 Å². The third-order valence-electron chi connectivity index (χ3n) is 2.80. The van der Waals surface area contributed by atoms with Crippen LogP contribution in [0.1, 0.15) is 29.6 Å². The lowest BCUT2D eigenvalue weighted by atomic mass is 9.96. The number of halogens is 1. The molecule has 0 N–H and O–H groups in total. The Hall–Kier alpha value is -1.18. The summed E-state index contributed by atoms with van der Waals surface area (Å²) in [5, 5.41) is 0. The molecule has 0 aromatic heterocycles. The van der Waals surface area contributed by atoms with E-state index in [-0.39, 0.29) is 11.7 Å². The monoisotopic (exact) mass is 192 g/mol. The number of carbonyl (C=O) groups excluding carboxylic acids is 1. The lowest BCUT2D eigenvalue weighted by Gasteiger charge is -2.06. The zero-order chi connectivity index (χ0) is 9.97. The molecule has 2 unspecified atom stereocenters. The molecular weight excluding hydrogens is 179 g/mol. The molecule has 0 heterocycles. The average Bonchev–Trinajstić information content (AvgIpc) is 2.65. The van der Waals surface area contributed by atoms with Crippen LogP contribution in [0.4, 0.5) is 4.39 Å². The minimum absolute atomic E-state index is 0.0904. The van der Waals surface area contributed by atoms with Gasteiger partial charge in [0.1, 0.15) is 6.17 Å². The second-order valence-electron chi connectivity index (χ2n) is 3.84. The second kappa shape index (κ2) is 3.91. The zero-order valence-electron chi connectivity index (χ0n) is 7.95. The Morgan fingerprint density at radius 1 is 1.21 bits per heavy atom. The van der Waals surface area contributed by atoms with E-state index in [1.54, 1.807) is 12.1 Å². The average molecular weight is 192 g/mol. The van der Waals surface area contributed by atoms with E-state index in [0.29, 0.717) is 24.8 Å². The minimum atomic E-state index is -0.771. The van der Waals surface area contributed by atoms with Crippen molar-refractivity contribution in [3.8, 4) is 0 Å². The summed E-state index contributed by atoms with van der Waals surface area (Å²) >= 11 is 0. The summed E-state index contributed by atoms with van der Waals surface area (Å²) < 4.78 is 12.9. The first kappa shape index (κ1) is 9.38. The first-order valence-electron chi connectivity index (χ1n) is 5.00. The van der Waals surface area contributed by atoms with Crippen LogP contribution in [0.5, 0.6) is 0 Å². The van der Waals surface area contributed by atoms with Gasteiger partial charge in [0, 0.05) is 11.5 Å². The van der Waals surface area contributed by atoms with Crippen molar-refractivity contribution < 1.29 is 9.18 Å². The highest BCUT2D eigenvalue weighted by molar-refractivity contribution is 5.97. The lowest BCUT2D eigenvalue weighted by Crippen LogP contribution is -2.11. The molecule has 1 aromatic carbocycles. The number of alkyl halides is 1. The fourth-order valence-corrected chi connectivity index (χ4v) is 2.00. The van der Waals surface area contributed by atoms with Crippen molar-refractivity contribution in [2.45, 2.75) is 25.4 Å². The van der Waals surface area contributed by atoms with Crippen LogP contribution in [0.3, 0.4) is 0 Å². The molecule has 1 nitrogen and oxygen atoms in total. The molecule has 0 amide bonds. The van der Waals surface area contributed by atoms with Gasteiger partial charge in [0.15, 0.2) is 5.78 Å². The predicted molar refractivity (Wildman–Crippen MR) is 53.0 cm³/mol. The molecule has 1 aromatic rings. The first-order valence-corrected chi connectivity index (χ1v) is 5.00. The molecular formula is C12H13FO. The standard InChI is InChI=1S/C12H13FO/c13-11-7-6-10(8-11)12(14)9-4-2-1-3-5-9/h1-5,10-11H,6-8H2. The van der Waals surface area contributed by atoms with E-state index >= 15 is 0 Å².